The van der Waals surface area contributed by atoms with Crippen molar-refractivity contribution >= 4 is 17.5 Å². The summed E-state index contributed by atoms with van der Waals surface area (Å²) >= 11 is 0. The minimum atomic E-state index is -0.407. The van der Waals surface area contributed by atoms with Crippen LogP contribution in [-0.4, -0.2) is 21.6 Å². The van der Waals surface area contributed by atoms with Crippen LogP contribution in [0.1, 0.15) is 54.2 Å². The molecule has 1 aromatic heterocycles. The normalized spacial score (nSPS) is 11.9. The van der Waals surface area contributed by atoms with E-state index in [-0.39, 0.29) is 24.4 Å². The molecule has 2 N–H and O–H groups in total. The quantitative estimate of drug-likeness (QED) is 0.613. The lowest BCUT2D eigenvalue weighted by Crippen LogP contribution is -2.30. The molecule has 30 heavy (non-hydrogen) atoms. The number of hydrogen-bond donors (Lipinski definition) is 2. The lowest BCUT2D eigenvalue weighted by molar-refractivity contribution is -0.122. The zero-order valence-corrected chi connectivity index (χ0v) is 17.2. The monoisotopic (exact) mass is 408 g/mol. The van der Waals surface area contributed by atoms with E-state index in [1.807, 2.05) is 19.1 Å². The summed E-state index contributed by atoms with van der Waals surface area (Å²) < 4.78 is 14.4. The third kappa shape index (κ3) is 5.53. The van der Waals surface area contributed by atoms with Crippen LogP contribution in [0.4, 0.5) is 10.1 Å². The molecule has 2 amide bonds. The van der Waals surface area contributed by atoms with Crippen molar-refractivity contribution in [2.24, 2.45) is 0 Å². The Labute approximate surface area is 175 Å². The minimum absolute atomic E-state index is 0.0286. The Hall–Kier alpha value is -3.48. The van der Waals surface area contributed by atoms with Gasteiger partial charge in [0, 0.05) is 11.8 Å². The van der Waals surface area contributed by atoms with Gasteiger partial charge in [0.05, 0.1) is 17.9 Å². The van der Waals surface area contributed by atoms with Crippen LogP contribution in [0.5, 0.6) is 0 Å². The molecule has 2 aromatic carbocycles. The van der Waals surface area contributed by atoms with Crippen LogP contribution in [0.3, 0.4) is 0 Å². The molecule has 0 aliphatic rings. The van der Waals surface area contributed by atoms with E-state index in [2.05, 4.69) is 41.7 Å². The molecule has 0 aliphatic carbocycles. The number of carbonyl (C=O) groups excluding carboxylic acids is 2. The fourth-order valence-corrected chi connectivity index (χ4v) is 3.01. The van der Waals surface area contributed by atoms with Gasteiger partial charge in [-0.2, -0.15) is 5.10 Å². The molecule has 0 bridgehead atoms. The van der Waals surface area contributed by atoms with Gasteiger partial charge in [-0.1, -0.05) is 38.1 Å². The van der Waals surface area contributed by atoms with E-state index < -0.39 is 5.82 Å². The van der Waals surface area contributed by atoms with Gasteiger partial charge in [-0.3, -0.25) is 14.3 Å². The number of benzene rings is 2. The van der Waals surface area contributed by atoms with Crippen molar-refractivity contribution in [2.45, 2.75) is 39.3 Å². The van der Waals surface area contributed by atoms with E-state index in [9.17, 15) is 14.0 Å². The molecule has 0 spiro atoms. The Balaban J connectivity index is 1.54. The first-order chi connectivity index (χ1) is 14.3. The molecule has 6 nitrogen and oxygen atoms in total. The van der Waals surface area contributed by atoms with Gasteiger partial charge in [0.1, 0.15) is 12.4 Å². The lowest BCUT2D eigenvalue weighted by atomic mass is 9.99. The molecule has 7 heteroatoms. The second-order valence-electron chi connectivity index (χ2n) is 7.50. The van der Waals surface area contributed by atoms with Gasteiger partial charge >= 0.3 is 0 Å². The summed E-state index contributed by atoms with van der Waals surface area (Å²) in [4.78, 5) is 24.5. The average molecular weight is 408 g/mol. The van der Waals surface area contributed by atoms with Crippen molar-refractivity contribution < 1.29 is 14.0 Å². The maximum absolute atomic E-state index is 13.0. The van der Waals surface area contributed by atoms with Crippen LogP contribution in [0, 0.1) is 5.82 Å². The summed E-state index contributed by atoms with van der Waals surface area (Å²) in [6, 6.07) is 13.3. The number of nitrogens with one attached hydrogen (secondary N) is 2. The SMILES string of the molecule is CC(C)c1ccc([C@@H](C)NC(=O)Cn2cc(NC(=O)c3ccc(F)cc3)cn2)cc1. The van der Waals surface area contributed by atoms with Crippen LogP contribution < -0.4 is 10.6 Å². The largest absolute Gasteiger partial charge is 0.348 e. The summed E-state index contributed by atoms with van der Waals surface area (Å²) in [5.41, 5.74) is 3.07. The van der Waals surface area contributed by atoms with Gasteiger partial charge in [-0.05, 0) is 48.2 Å². The highest BCUT2D eigenvalue weighted by Crippen LogP contribution is 2.18. The second-order valence-corrected chi connectivity index (χ2v) is 7.50. The highest BCUT2D eigenvalue weighted by Gasteiger charge is 2.12. The van der Waals surface area contributed by atoms with E-state index in [0.29, 0.717) is 17.2 Å². The van der Waals surface area contributed by atoms with Crippen LogP contribution in [0.25, 0.3) is 0 Å². The van der Waals surface area contributed by atoms with Gasteiger partial charge in [-0.15, -0.1) is 0 Å². The fourth-order valence-electron chi connectivity index (χ4n) is 3.01. The third-order valence-corrected chi connectivity index (χ3v) is 4.78. The van der Waals surface area contributed by atoms with Crippen LogP contribution in [-0.2, 0) is 11.3 Å². The predicted molar refractivity (Wildman–Crippen MR) is 114 cm³/mol. The first-order valence-electron chi connectivity index (χ1n) is 9.80. The number of amides is 2. The summed E-state index contributed by atoms with van der Waals surface area (Å²) in [5, 5.41) is 9.74. The molecule has 0 fully saturated rings. The zero-order chi connectivity index (χ0) is 21.7. The molecule has 0 radical (unpaired) electrons. The molecule has 0 unspecified atom stereocenters. The van der Waals surface area contributed by atoms with Crippen LogP contribution in [0.15, 0.2) is 60.9 Å². The van der Waals surface area contributed by atoms with Crippen LogP contribution in [0.2, 0.25) is 0 Å². The Morgan fingerprint density at radius 2 is 1.63 bits per heavy atom. The number of nitrogens with zero attached hydrogens (tertiary/aromatic N) is 2. The predicted octanol–water partition coefficient (Wildman–Crippen LogP) is 4.28. The van der Waals surface area contributed by atoms with Crippen LogP contribution >= 0.6 is 0 Å². The first kappa shape index (κ1) is 21.2. The molecular formula is C23H25FN4O2. The molecule has 1 atom stereocenters. The molecule has 156 valence electrons. The number of halogens is 1. The topological polar surface area (TPSA) is 76.0 Å². The van der Waals surface area contributed by atoms with E-state index in [0.717, 1.165) is 5.56 Å². The molecule has 0 aliphatic heterocycles. The number of hydrogen-bond acceptors (Lipinski definition) is 3. The Kier molecular flexibility index (Phi) is 6.61. The number of anilines is 1. The Morgan fingerprint density at radius 3 is 2.27 bits per heavy atom. The van der Waals surface area contributed by atoms with Gasteiger partial charge < -0.3 is 10.6 Å². The van der Waals surface area contributed by atoms with Crippen molar-refractivity contribution in [1.82, 2.24) is 15.1 Å². The first-order valence-corrected chi connectivity index (χ1v) is 9.80. The summed E-state index contributed by atoms with van der Waals surface area (Å²) in [6.07, 6.45) is 3.03. The van der Waals surface area contributed by atoms with Gasteiger partial charge in [0.25, 0.3) is 5.91 Å². The molecule has 1 heterocycles. The van der Waals surface area contributed by atoms with Crippen molar-refractivity contribution in [3.8, 4) is 0 Å². The van der Waals surface area contributed by atoms with E-state index in [1.54, 1.807) is 6.20 Å². The Bertz CT molecular complexity index is 1010. The van der Waals surface area contributed by atoms with E-state index in [1.165, 1.54) is 40.7 Å². The molecule has 0 saturated heterocycles. The number of aromatic nitrogens is 2. The lowest BCUT2D eigenvalue weighted by Gasteiger charge is -2.15. The molecule has 3 rings (SSSR count). The third-order valence-electron chi connectivity index (χ3n) is 4.78. The molecule has 3 aromatic rings. The minimum Gasteiger partial charge on any atom is -0.348 e. The highest BCUT2D eigenvalue weighted by molar-refractivity contribution is 6.04. The maximum atomic E-state index is 13.0. The van der Waals surface area contributed by atoms with Crippen molar-refractivity contribution in [1.29, 1.82) is 0 Å². The zero-order valence-electron chi connectivity index (χ0n) is 17.2. The summed E-state index contributed by atoms with van der Waals surface area (Å²) in [7, 11) is 0. The second kappa shape index (κ2) is 9.35. The number of carbonyl (C=O) groups is 2. The van der Waals surface area contributed by atoms with Gasteiger partial charge in [0.2, 0.25) is 5.91 Å². The smallest absolute Gasteiger partial charge is 0.255 e. The Morgan fingerprint density at radius 1 is 1.00 bits per heavy atom. The standard InChI is InChI=1S/C23H25FN4O2/c1-15(2)17-4-6-18(7-5-17)16(3)26-22(29)14-28-13-21(12-25-28)27-23(30)19-8-10-20(24)11-9-19/h4-13,15-16H,14H2,1-3H3,(H,26,29)(H,27,30)/t16-/m1/s1. The average Bonchev–Trinajstić information content (AvgIpc) is 3.14. The van der Waals surface area contributed by atoms with Gasteiger partial charge in [0.15, 0.2) is 0 Å². The summed E-state index contributed by atoms with van der Waals surface area (Å²) in [5.74, 6) is -0.510. The van der Waals surface area contributed by atoms with E-state index in [4.69, 9.17) is 0 Å². The number of rotatable bonds is 7. The van der Waals surface area contributed by atoms with Crippen molar-refractivity contribution in [2.75, 3.05) is 5.32 Å². The maximum Gasteiger partial charge on any atom is 0.255 e. The van der Waals surface area contributed by atoms with E-state index >= 15 is 0 Å². The fraction of sp³-hybridized carbons (Fsp3) is 0.261. The summed E-state index contributed by atoms with van der Waals surface area (Å²) in [6.45, 7) is 6.24. The highest BCUT2D eigenvalue weighted by atomic mass is 19.1. The molecule has 0 saturated carbocycles. The van der Waals surface area contributed by atoms with Crippen molar-refractivity contribution in [3.05, 3.63) is 83.4 Å². The van der Waals surface area contributed by atoms with Crippen molar-refractivity contribution in [3.63, 3.8) is 0 Å². The molecular weight excluding hydrogens is 383 g/mol. The van der Waals surface area contributed by atoms with Gasteiger partial charge in [-0.25, -0.2) is 4.39 Å².